The van der Waals surface area contributed by atoms with E-state index in [4.69, 9.17) is 5.73 Å². The number of nitrogens with two attached hydrogens (primary N) is 1. The first-order valence-corrected chi connectivity index (χ1v) is 3.49. The van der Waals surface area contributed by atoms with E-state index in [1.165, 1.54) is 6.92 Å². The number of hydrogen-bond acceptors (Lipinski definition) is 2. The Labute approximate surface area is 65.6 Å². The van der Waals surface area contributed by atoms with Gasteiger partial charge in [0.2, 0.25) is 0 Å². The standard InChI is InChI=1S/C8H12N2O/c1-4-7(6(3)11)8(9)5(2)10-4/h10H,9H2,1-3H3. The molecule has 0 bridgehead atoms. The molecule has 1 rings (SSSR count). The summed E-state index contributed by atoms with van der Waals surface area (Å²) in [6.07, 6.45) is 0. The van der Waals surface area contributed by atoms with Crippen LogP contribution in [0.3, 0.4) is 0 Å². The Morgan fingerprint density at radius 2 is 1.91 bits per heavy atom. The van der Waals surface area contributed by atoms with Gasteiger partial charge in [0.1, 0.15) is 0 Å². The van der Waals surface area contributed by atoms with Crippen LogP contribution < -0.4 is 5.73 Å². The molecule has 0 aromatic carbocycles. The van der Waals surface area contributed by atoms with Crippen LogP contribution in [0.5, 0.6) is 0 Å². The quantitative estimate of drug-likeness (QED) is 0.598. The molecule has 1 aromatic rings. The van der Waals surface area contributed by atoms with Gasteiger partial charge >= 0.3 is 0 Å². The maximum atomic E-state index is 11.0. The maximum absolute atomic E-state index is 11.0. The molecule has 0 aliphatic rings. The Balaban J connectivity index is 3.34. The normalized spacial score (nSPS) is 10.1. The van der Waals surface area contributed by atoms with Crippen LogP contribution in [0.1, 0.15) is 28.7 Å². The summed E-state index contributed by atoms with van der Waals surface area (Å²) < 4.78 is 0. The Kier molecular flexibility index (Phi) is 1.72. The first kappa shape index (κ1) is 7.85. The minimum atomic E-state index is 0.0179. The van der Waals surface area contributed by atoms with E-state index in [1.54, 1.807) is 0 Å². The molecule has 1 heterocycles. The number of H-pyrrole nitrogens is 1. The molecular formula is C8H12N2O. The van der Waals surface area contributed by atoms with Crippen molar-refractivity contribution in [2.45, 2.75) is 20.8 Å². The van der Waals surface area contributed by atoms with Gasteiger partial charge in [-0.05, 0) is 20.8 Å². The number of ketones is 1. The number of aromatic nitrogens is 1. The zero-order valence-electron chi connectivity index (χ0n) is 6.99. The summed E-state index contributed by atoms with van der Waals surface area (Å²) in [5, 5.41) is 0. The second-order valence-corrected chi connectivity index (χ2v) is 2.72. The zero-order valence-corrected chi connectivity index (χ0v) is 6.99. The molecule has 0 amide bonds. The summed E-state index contributed by atoms with van der Waals surface area (Å²) in [5.41, 5.74) is 8.58. The van der Waals surface area contributed by atoms with Crippen molar-refractivity contribution in [2.75, 3.05) is 5.73 Å². The molecule has 0 atom stereocenters. The van der Waals surface area contributed by atoms with E-state index >= 15 is 0 Å². The lowest BCUT2D eigenvalue weighted by atomic mass is 10.1. The van der Waals surface area contributed by atoms with E-state index in [1.807, 2.05) is 13.8 Å². The lowest BCUT2D eigenvalue weighted by molar-refractivity contribution is 0.101. The van der Waals surface area contributed by atoms with E-state index < -0.39 is 0 Å². The van der Waals surface area contributed by atoms with Crippen LogP contribution in [-0.2, 0) is 0 Å². The van der Waals surface area contributed by atoms with Crippen molar-refractivity contribution in [3.63, 3.8) is 0 Å². The molecule has 0 unspecified atom stereocenters. The van der Waals surface area contributed by atoms with Crippen LogP contribution in [0.25, 0.3) is 0 Å². The molecule has 11 heavy (non-hydrogen) atoms. The van der Waals surface area contributed by atoms with Gasteiger partial charge in [-0.15, -0.1) is 0 Å². The molecule has 0 spiro atoms. The van der Waals surface area contributed by atoms with Gasteiger partial charge in [-0.1, -0.05) is 0 Å². The van der Waals surface area contributed by atoms with Crippen LogP contribution in [0.2, 0.25) is 0 Å². The molecule has 0 aliphatic heterocycles. The van der Waals surface area contributed by atoms with Crippen LogP contribution in [0.15, 0.2) is 0 Å². The summed E-state index contributed by atoms with van der Waals surface area (Å²) in [4.78, 5) is 14.0. The van der Waals surface area contributed by atoms with Crippen molar-refractivity contribution >= 4 is 11.5 Å². The number of anilines is 1. The first-order chi connectivity index (χ1) is 5.04. The fraction of sp³-hybridized carbons (Fsp3) is 0.375. The predicted molar refractivity (Wildman–Crippen MR) is 44.7 cm³/mol. The van der Waals surface area contributed by atoms with E-state index in [2.05, 4.69) is 4.98 Å². The molecule has 3 nitrogen and oxygen atoms in total. The van der Waals surface area contributed by atoms with Crippen LogP contribution in [-0.4, -0.2) is 10.8 Å². The Morgan fingerprint density at radius 1 is 1.36 bits per heavy atom. The third-order valence-electron chi connectivity index (χ3n) is 1.78. The lowest BCUT2D eigenvalue weighted by Gasteiger charge is -1.94. The van der Waals surface area contributed by atoms with Crippen molar-refractivity contribution < 1.29 is 4.79 Å². The molecule has 3 N–H and O–H groups in total. The third-order valence-corrected chi connectivity index (χ3v) is 1.78. The van der Waals surface area contributed by atoms with Crippen LogP contribution in [0, 0.1) is 13.8 Å². The number of rotatable bonds is 1. The number of nitrogen functional groups attached to an aromatic ring is 1. The molecular weight excluding hydrogens is 140 g/mol. The molecule has 0 saturated heterocycles. The van der Waals surface area contributed by atoms with Gasteiger partial charge < -0.3 is 10.7 Å². The summed E-state index contributed by atoms with van der Waals surface area (Å²) in [6.45, 7) is 5.22. The monoisotopic (exact) mass is 152 g/mol. The summed E-state index contributed by atoms with van der Waals surface area (Å²) in [7, 11) is 0. The van der Waals surface area contributed by atoms with Gasteiger partial charge in [0.05, 0.1) is 11.3 Å². The van der Waals surface area contributed by atoms with E-state index in [9.17, 15) is 4.79 Å². The zero-order chi connectivity index (χ0) is 8.59. The topological polar surface area (TPSA) is 58.9 Å². The smallest absolute Gasteiger partial charge is 0.163 e. The van der Waals surface area contributed by atoms with Gasteiger partial charge in [-0.2, -0.15) is 0 Å². The molecule has 60 valence electrons. The summed E-state index contributed by atoms with van der Waals surface area (Å²) >= 11 is 0. The number of aromatic amines is 1. The SMILES string of the molecule is CC(=O)c1c(C)[nH]c(C)c1N. The third kappa shape index (κ3) is 1.13. The number of carbonyl (C=O) groups excluding carboxylic acids is 1. The predicted octanol–water partition coefficient (Wildman–Crippen LogP) is 1.42. The summed E-state index contributed by atoms with van der Waals surface area (Å²) in [6, 6.07) is 0. The van der Waals surface area contributed by atoms with Crippen LogP contribution >= 0.6 is 0 Å². The highest BCUT2D eigenvalue weighted by Crippen LogP contribution is 2.20. The fourth-order valence-corrected chi connectivity index (χ4v) is 1.25. The van der Waals surface area contributed by atoms with Crippen molar-refractivity contribution in [1.82, 2.24) is 4.98 Å². The van der Waals surface area contributed by atoms with Gasteiger partial charge in [-0.3, -0.25) is 4.79 Å². The molecule has 0 aliphatic carbocycles. The minimum absolute atomic E-state index is 0.0179. The number of Topliss-reactive ketones (excluding diaryl/α,β-unsaturated/α-hetero) is 1. The Morgan fingerprint density at radius 3 is 2.09 bits per heavy atom. The van der Waals surface area contributed by atoms with Crippen molar-refractivity contribution in [1.29, 1.82) is 0 Å². The van der Waals surface area contributed by atoms with Gasteiger partial charge in [0.15, 0.2) is 5.78 Å². The highest BCUT2D eigenvalue weighted by molar-refractivity contribution is 6.00. The number of nitrogens with one attached hydrogen (secondary N) is 1. The average Bonchev–Trinajstić information content (AvgIpc) is 2.07. The van der Waals surface area contributed by atoms with Gasteiger partial charge in [-0.25, -0.2) is 0 Å². The van der Waals surface area contributed by atoms with Gasteiger partial charge in [0, 0.05) is 11.4 Å². The van der Waals surface area contributed by atoms with Crippen LogP contribution in [0.4, 0.5) is 5.69 Å². The van der Waals surface area contributed by atoms with Crippen molar-refractivity contribution in [2.24, 2.45) is 0 Å². The largest absolute Gasteiger partial charge is 0.397 e. The highest BCUT2D eigenvalue weighted by atomic mass is 16.1. The Hall–Kier alpha value is -1.25. The number of aryl methyl sites for hydroxylation is 2. The second-order valence-electron chi connectivity index (χ2n) is 2.72. The van der Waals surface area contributed by atoms with E-state index in [0.717, 1.165) is 11.4 Å². The van der Waals surface area contributed by atoms with E-state index in [0.29, 0.717) is 11.3 Å². The second kappa shape index (κ2) is 2.42. The first-order valence-electron chi connectivity index (χ1n) is 3.49. The summed E-state index contributed by atoms with van der Waals surface area (Å²) in [5.74, 6) is 0.0179. The Bertz CT molecular complexity index is 299. The fourth-order valence-electron chi connectivity index (χ4n) is 1.25. The van der Waals surface area contributed by atoms with Gasteiger partial charge in [0.25, 0.3) is 0 Å². The van der Waals surface area contributed by atoms with Crippen molar-refractivity contribution in [3.05, 3.63) is 17.0 Å². The molecule has 1 aromatic heterocycles. The molecule has 0 radical (unpaired) electrons. The number of hydrogen-bond donors (Lipinski definition) is 2. The van der Waals surface area contributed by atoms with E-state index in [-0.39, 0.29) is 5.78 Å². The molecule has 0 saturated carbocycles. The van der Waals surface area contributed by atoms with Crippen molar-refractivity contribution in [3.8, 4) is 0 Å². The molecule has 0 fully saturated rings. The minimum Gasteiger partial charge on any atom is -0.397 e. The lowest BCUT2D eigenvalue weighted by Crippen LogP contribution is -1.98. The maximum Gasteiger partial charge on any atom is 0.163 e. The number of carbonyl (C=O) groups is 1. The molecule has 3 heteroatoms. The average molecular weight is 152 g/mol. The highest BCUT2D eigenvalue weighted by Gasteiger charge is 2.12.